The third-order valence-electron chi connectivity index (χ3n) is 8.50. The number of hydrogen-bond donors (Lipinski definition) is 0. The molecular weight excluding hydrogens is 393 g/mol. The fourth-order valence-electron chi connectivity index (χ4n) is 6.44. The zero-order chi connectivity index (χ0) is 22.3. The van der Waals surface area contributed by atoms with Crippen molar-refractivity contribution in [3.8, 4) is 6.07 Å². The van der Waals surface area contributed by atoms with Gasteiger partial charge >= 0.3 is 0 Å². The number of nitriles is 1. The number of halogens is 1. The van der Waals surface area contributed by atoms with Crippen LogP contribution >= 0.6 is 0 Å². The maximum Gasteiger partial charge on any atom is 0.141 e. The molecule has 32 heavy (non-hydrogen) atoms. The second kappa shape index (κ2) is 11.1. The molecule has 0 radical (unpaired) electrons. The summed E-state index contributed by atoms with van der Waals surface area (Å²) in [5.74, 6) is 3.89. The molecule has 0 bridgehead atoms. The minimum Gasteiger partial charge on any atom is -0.206 e. The number of aryl methyl sites for hydroxylation is 1. The van der Waals surface area contributed by atoms with Gasteiger partial charge in [-0.15, -0.1) is 0 Å². The second-order valence-corrected chi connectivity index (χ2v) is 10.6. The van der Waals surface area contributed by atoms with Gasteiger partial charge in [0.1, 0.15) is 11.9 Å². The minimum atomic E-state index is -0.373. The summed E-state index contributed by atoms with van der Waals surface area (Å²) in [5.41, 5.74) is 2.68. The normalized spacial score (nSPS) is 26.9. The van der Waals surface area contributed by atoms with Gasteiger partial charge in [0.15, 0.2) is 0 Å². The molecule has 0 unspecified atom stereocenters. The van der Waals surface area contributed by atoms with Gasteiger partial charge in [0.2, 0.25) is 0 Å². The summed E-state index contributed by atoms with van der Waals surface area (Å²) in [5, 5.41) is 8.89. The van der Waals surface area contributed by atoms with E-state index in [1.807, 2.05) is 12.1 Å². The standard InChI is InChI=1S/C30H38FN/c1-22(26-5-3-2-4-6-26)19-24-11-16-28(17-12-24)27-14-9-23(10-15-27)7-8-25-13-18-29(21-32)30(31)20-25/h2-6,13,18,20,22-24,27-28H,7-12,14-17,19H2,1H3/t22-,23?,24?,27?,28?/m1/s1. The Labute approximate surface area is 194 Å². The number of benzene rings is 2. The van der Waals surface area contributed by atoms with Crippen molar-refractivity contribution in [3.63, 3.8) is 0 Å². The fourth-order valence-corrected chi connectivity index (χ4v) is 6.44. The van der Waals surface area contributed by atoms with Gasteiger partial charge in [-0.25, -0.2) is 4.39 Å². The predicted molar refractivity (Wildman–Crippen MR) is 130 cm³/mol. The van der Waals surface area contributed by atoms with Crippen LogP contribution < -0.4 is 0 Å². The quantitative estimate of drug-likeness (QED) is 0.431. The molecule has 2 aliphatic carbocycles. The molecule has 0 aromatic heterocycles. The Hall–Kier alpha value is -2.14. The van der Waals surface area contributed by atoms with E-state index in [9.17, 15) is 4.39 Å². The third-order valence-corrected chi connectivity index (χ3v) is 8.50. The van der Waals surface area contributed by atoms with Gasteiger partial charge in [0, 0.05) is 0 Å². The Kier molecular flexibility index (Phi) is 8.01. The van der Waals surface area contributed by atoms with Gasteiger partial charge < -0.3 is 0 Å². The SMILES string of the molecule is C[C@H](CC1CCC(C2CCC(CCc3ccc(C#N)c(F)c3)CC2)CC1)c1ccccc1. The monoisotopic (exact) mass is 431 g/mol. The second-order valence-electron chi connectivity index (χ2n) is 10.6. The van der Waals surface area contributed by atoms with Crippen LogP contribution in [0.1, 0.15) is 93.7 Å². The highest BCUT2D eigenvalue weighted by Gasteiger charge is 2.31. The Morgan fingerprint density at radius 1 is 0.875 bits per heavy atom. The van der Waals surface area contributed by atoms with Crippen LogP contribution in [0.3, 0.4) is 0 Å². The summed E-state index contributed by atoms with van der Waals surface area (Å²) < 4.78 is 13.8. The highest BCUT2D eigenvalue weighted by Crippen LogP contribution is 2.43. The predicted octanol–water partition coefficient (Wildman–Crippen LogP) is 8.44. The molecule has 0 spiro atoms. The number of nitrogens with zero attached hydrogens (tertiary/aromatic N) is 1. The van der Waals surface area contributed by atoms with E-state index in [4.69, 9.17) is 5.26 Å². The Bertz CT molecular complexity index is 883. The van der Waals surface area contributed by atoms with E-state index < -0.39 is 0 Å². The average Bonchev–Trinajstić information content (AvgIpc) is 2.84. The van der Waals surface area contributed by atoms with Crippen LogP contribution in [0.5, 0.6) is 0 Å². The lowest BCUT2D eigenvalue weighted by Crippen LogP contribution is -2.26. The molecule has 0 N–H and O–H groups in total. The third kappa shape index (κ3) is 6.00. The van der Waals surface area contributed by atoms with Gasteiger partial charge in [-0.05, 0) is 97.8 Å². The summed E-state index contributed by atoms with van der Waals surface area (Å²) in [4.78, 5) is 0. The van der Waals surface area contributed by atoms with Crippen LogP contribution in [0.2, 0.25) is 0 Å². The lowest BCUT2D eigenvalue weighted by Gasteiger charge is -2.38. The van der Waals surface area contributed by atoms with E-state index in [0.717, 1.165) is 42.1 Å². The van der Waals surface area contributed by atoms with Crippen molar-refractivity contribution in [2.24, 2.45) is 23.7 Å². The molecule has 170 valence electrons. The van der Waals surface area contributed by atoms with Gasteiger partial charge in [0.05, 0.1) is 5.56 Å². The molecule has 4 rings (SSSR count). The largest absolute Gasteiger partial charge is 0.206 e. The molecule has 2 aromatic rings. The molecule has 2 heteroatoms. The molecule has 0 aliphatic heterocycles. The van der Waals surface area contributed by atoms with Crippen molar-refractivity contribution < 1.29 is 4.39 Å². The van der Waals surface area contributed by atoms with E-state index >= 15 is 0 Å². The van der Waals surface area contributed by atoms with Crippen molar-refractivity contribution >= 4 is 0 Å². The van der Waals surface area contributed by atoms with Crippen LogP contribution in [0, 0.1) is 40.8 Å². The van der Waals surface area contributed by atoms with Crippen molar-refractivity contribution in [3.05, 3.63) is 71.0 Å². The van der Waals surface area contributed by atoms with Crippen molar-refractivity contribution in [2.45, 2.75) is 83.5 Å². The van der Waals surface area contributed by atoms with Crippen molar-refractivity contribution in [1.29, 1.82) is 5.26 Å². The Balaban J connectivity index is 1.16. The summed E-state index contributed by atoms with van der Waals surface area (Å²) in [7, 11) is 0. The molecule has 2 saturated carbocycles. The van der Waals surface area contributed by atoms with Gasteiger partial charge in [0.25, 0.3) is 0 Å². The molecule has 1 atom stereocenters. The van der Waals surface area contributed by atoms with Crippen LogP contribution in [0.4, 0.5) is 4.39 Å². The van der Waals surface area contributed by atoms with Gasteiger partial charge in [-0.1, -0.05) is 69.0 Å². The highest BCUT2D eigenvalue weighted by molar-refractivity contribution is 5.33. The Morgan fingerprint density at radius 3 is 2.09 bits per heavy atom. The van der Waals surface area contributed by atoms with Gasteiger partial charge in [-0.3, -0.25) is 0 Å². The first-order valence-electron chi connectivity index (χ1n) is 12.9. The van der Waals surface area contributed by atoms with Crippen LogP contribution in [0.15, 0.2) is 48.5 Å². The highest BCUT2D eigenvalue weighted by atomic mass is 19.1. The topological polar surface area (TPSA) is 23.8 Å². The number of hydrogen-bond acceptors (Lipinski definition) is 1. The molecule has 0 amide bonds. The summed E-state index contributed by atoms with van der Waals surface area (Å²) in [6.45, 7) is 2.40. The van der Waals surface area contributed by atoms with Crippen molar-refractivity contribution in [1.82, 2.24) is 0 Å². The van der Waals surface area contributed by atoms with Gasteiger partial charge in [-0.2, -0.15) is 5.26 Å². The van der Waals surface area contributed by atoms with E-state index in [-0.39, 0.29) is 11.4 Å². The van der Waals surface area contributed by atoms with E-state index in [1.165, 1.54) is 63.4 Å². The smallest absolute Gasteiger partial charge is 0.141 e. The average molecular weight is 432 g/mol. The fraction of sp³-hybridized carbons (Fsp3) is 0.567. The van der Waals surface area contributed by atoms with E-state index in [1.54, 1.807) is 12.1 Å². The molecule has 2 fully saturated rings. The van der Waals surface area contributed by atoms with Crippen LogP contribution in [-0.2, 0) is 6.42 Å². The lowest BCUT2D eigenvalue weighted by molar-refractivity contribution is 0.139. The Morgan fingerprint density at radius 2 is 1.50 bits per heavy atom. The molecule has 2 aliphatic rings. The summed E-state index contributed by atoms with van der Waals surface area (Å²) >= 11 is 0. The molecular formula is C30H38FN. The molecule has 0 saturated heterocycles. The van der Waals surface area contributed by atoms with E-state index in [2.05, 4.69) is 37.3 Å². The zero-order valence-electron chi connectivity index (χ0n) is 19.6. The first-order valence-corrected chi connectivity index (χ1v) is 12.9. The molecule has 2 aromatic carbocycles. The minimum absolute atomic E-state index is 0.151. The maximum atomic E-state index is 13.8. The first-order chi connectivity index (χ1) is 15.6. The first kappa shape index (κ1) is 23.0. The number of rotatable bonds is 7. The maximum absolute atomic E-state index is 13.8. The van der Waals surface area contributed by atoms with Crippen molar-refractivity contribution in [2.75, 3.05) is 0 Å². The lowest BCUT2D eigenvalue weighted by atomic mass is 9.67. The summed E-state index contributed by atoms with van der Waals surface area (Å²) in [6.07, 6.45) is 14.6. The van der Waals surface area contributed by atoms with E-state index in [0.29, 0.717) is 5.92 Å². The molecule has 1 nitrogen and oxygen atoms in total. The summed E-state index contributed by atoms with van der Waals surface area (Å²) in [6, 6.07) is 18.0. The zero-order valence-corrected chi connectivity index (χ0v) is 19.6. The van der Waals surface area contributed by atoms with Crippen LogP contribution in [-0.4, -0.2) is 0 Å². The molecule has 0 heterocycles. The van der Waals surface area contributed by atoms with Crippen LogP contribution in [0.25, 0.3) is 0 Å².